The molecule has 41 heteroatoms. The van der Waals surface area contributed by atoms with Crippen LogP contribution in [-0.2, 0) is 85.3 Å². The van der Waals surface area contributed by atoms with Crippen molar-refractivity contribution >= 4 is 5.78 Å². The number of rotatable bonds is 24. The summed E-state index contributed by atoms with van der Waals surface area (Å²) in [5, 5.41) is 258. The number of allylic oxidation sites excluding steroid dienone is 2. The lowest BCUT2D eigenvalue weighted by molar-refractivity contribution is -0.412. The van der Waals surface area contributed by atoms with Gasteiger partial charge in [-0.15, -0.1) is 0 Å². The largest absolute Gasteiger partial charge is 0.396 e. The summed E-state index contributed by atoms with van der Waals surface area (Å²) in [6.45, 7) is 7.93. The highest BCUT2D eigenvalue weighted by atomic mass is 16.8. The second-order valence-electron chi connectivity index (χ2n) is 34.9. The fraction of sp³-hybridized carbons (Fsp3) is 0.960. The quantitative estimate of drug-likeness (QED) is 0.0399. The highest BCUT2D eigenvalue weighted by Crippen LogP contribution is 2.75. The van der Waals surface area contributed by atoms with Crippen LogP contribution in [0, 0.1) is 33.5 Å². The monoisotopic (exact) mass is 1680 g/mol. The molecular formula is C75H122O41. The fourth-order valence-electron chi connectivity index (χ4n) is 21.2. The van der Waals surface area contributed by atoms with Crippen molar-refractivity contribution in [3.05, 3.63) is 11.1 Å². The van der Waals surface area contributed by atoms with E-state index in [1.807, 2.05) is 13.8 Å². The number of fused-ring (bicyclic) bond motifs is 5. The minimum atomic E-state index is -2.41. The minimum absolute atomic E-state index is 0.122. The van der Waals surface area contributed by atoms with Crippen molar-refractivity contribution in [1.82, 2.24) is 0 Å². The van der Waals surface area contributed by atoms with Gasteiger partial charge in [0.2, 0.25) is 0 Å². The van der Waals surface area contributed by atoms with Crippen LogP contribution in [0.2, 0.25) is 0 Å². The van der Waals surface area contributed by atoms with E-state index in [1.165, 1.54) is 18.1 Å². The van der Waals surface area contributed by atoms with Crippen LogP contribution in [0.15, 0.2) is 11.1 Å². The number of ether oxygens (including phenoxy) is 17. The summed E-state index contributed by atoms with van der Waals surface area (Å²) in [5.74, 6) is 0.156. The van der Waals surface area contributed by atoms with E-state index in [1.54, 1.807) is 0 Å². The normalized spacial score (nSPS) is 54.6. The third-order valence-electron chi connectivity index (χ3n) is 28.5. The highest BCUT2D eigenvalue weighted by Gasteiger charge is 2.73. The molecule has 0 aromatic heterocycles. The predicted molar refractivity (Wildman–Crippen MR) is 377 cm³/mol. The number of hydrogen-bond acceptors (Lipinski definition) is 41. The molecule has 9 saturated heterocycles. The molecular weight excluding hydrogens is 1560 g/mol. The average Bonchev–Trinajstić information content (AvgIpc) is 1.48. The molecule has 23 N–H and O–H groups in total. The molecule has 4 aliphatic carbocycles. The first-order chi connectivity index (χ1) is 54.8. The summed E-state index contributed by atoms with van der Waals surface area (Å²) in [4.78, 5) is 13.1. The molecule has 9 aliphatic heterocycles. The number of hydrogen-bond donors (Lipinski definition) is 23. The Hall–Kier alpha value is -2.19. The average molecular weight is 1680 g/mol. The Bertz CT molecular complexity index is 3300. The number of carbonyl (C=O) groups is 1. The molecule has 11 fully saturated rings. The third-order valence-corrected chi connectivity index (χ3v) is 28.5. The van der Waals surface area contributed by atoms with Crippen molar-refractivity contribution in [2.75, 3.05) is 52.9 Å². The lowest BCUT2D eigenvalue weighted by Gasteiger charge is -2.63. The van der Waals surface area contributed by atoms with E-state index < -0.39 is 308 Å². The fourth-order valence-corrected chi connectivity index (χ4v) is 21.2. The van der Waals surface area contributed by atoms with Gasteiger partial charge < -0.3 is 198 Å². The van der Waals surface area contributed by atoms with Crippen LogP contribution in [0.4, 0.5) is 0 Å². The molecule has 0 bridgehead atoms. The van der Waals surface area contributed by atoms with E-state index in [9.17, 15) is 122 Å². The SMILES string of the molecule is CCC(=O)[C@@H]1C[C@@H](C)[C@]2(CC[C@@]3(C)C4=C(CC[C@@]32C)[C@@]2(C)CC[C@H](O[C@@H]3O[C@H](CO[C@@H]5OC[C@H](O)[C@H](O)[C@H]5O[C@@H]5O[C@H](CO)[C@@H](O)[C@H](O[C@@H]6O[C@H](CO)[C@@H](O)[C@H](O[C@@H]7O[C@H](CO)[C@H](O)[C@H](O[C@@H]8O[C@H](CO[C@@H]9OC[C@@H](O)[C@H](O)[C@H]9O)[C@@H](O)[C@H](O)[C@H]8O)[C@H]7O)[C@H]6O)[C@H]5O[C@@H]5O[C@@H](C)[C@H](O)[C@@H](O)[C@H]5O)[C@@H](O)[C@H](O)[C@H]3O)[C@](C)(CO)[C@@H]2CC4)O1. The number of aliphatic hydroxyl groups excluding tert-OH is 23. The van der Waals surface area contributed by atoms with Crippen molar-refractivity contribution in [2.24, 2.45) is 33.5 Å². The zero-order valence-corrected chi connectivity index (χ0v) is 65.6. The second kappa shape index (κ2) is 36.0. The Balaban J connectivity index is 0.711. The Morgan fingerprint density at radius 1 is 0.414 bits per heavy atom. The Labute approximate surface area is 667 Å². The Morgan fingerprint density at radius 2 is 0.871 bits per heavy atom. The van der Waals surface area contributed by atoms with Crippen molar-refractivity contribution < 1.29 is 203 Å². The van der Waals surface area contributed by atoms with Crippen LogP contribution in [0.25, 0.3) is 0 Å². The first-order valence-corrected chi connectivity index (χ1v) is 40.4. The van der Waals surface area contributed by atoms with Crippen LogP contribution in [0.5, 0.6) is 0 Å². The third kappa shape index (κ3) is 16.1. The van der Waals surface area contributed by atoms with Crippen molar-refractivity contribution in [2.45, 2.75) is 364 Å². The van der Waals surface area contributed by atoms with Crippen molar-refractivity contribution in [3.8, 4) is 0 Å². The van der Waals surface area contributed by atoms with E-state index in [-0.39, 0.29) is 35.1 Å². The van der Waals surface area contributed by atoms with E-state index in [4.69, 9.17) is 80.5 Å². The maximum atomic E-state index is 13.1. The molecule has 9 heterocycles. The summed E-state index contributed by atoms with van der Waals surface area (Å²) in [6.07, 6.45) is -69.2. The van der Waals surface area contributed by atoms with Gasteiger partial charge in [-0.25, -0.2) is 0 Å². The summed E-state index contributed by atoms with van der Waals surface area (Å²) in [7, 11) is 0. The van der Waals surface area contributed by atoms with E-state index in [0.717, 1.165) is 32.1 Å². The zero-order valence-electron chi connectivity index (χ0n) is 65.6. The summed E-state index contributed by atoms with van der Waals surface area (Å²) < 4.78 is 103. The van der Waals surface area contributed by atoms with E-state index in [0.29, 0.717) is 32.1 Å². The lowest BCUT2D eigenvalue weighted by atomic mass is 9.42. The minimum Gasteiger partial charge on any atom is -0.396 e. The molecule has 0 aromatic rings. The maximum absolute atomic E-state index is 13.1. The summed E-state index contributed by atoms with van der Waals surface area (Å²) >= 11 is 0. The van der Waals surface area contributed by atoms with Gasteiger partial charge in [-0.05, 0) is 87.4 Å². The van der Waals surface area contributed by atoms with Crippen LogP contribution >= 0.6 is 0 Å². The van der Waals surface area contributed by atoms with Gasteiger partial charge in [0.05, 0.1) is 70.7 Å². The van der Waals surface area contributed by atoms with Crippen molar-refractivity contribution in [3.63, 3.8) is 0 Å². The van der Waals surface area contributed by atoms with Crippen molar-refractivity contribution in [1.29, 1.82) is 0 Å². The number of ketones is 1. The highest BCUT2D eigenvalue weighted by molar-refractivity contribution is 5.83. The smallest absolute Gasteiger partial charge is 0.187 e. The predicted octanol–water partition coefficient (Wildman–Crippen LogP) is -9.50. The maximum Gasteiger partial charge on any atom is 0.187 e. The van der Waals surface area contributed by atoms with Gasteiger partial charge in [-0.3, -0.25) is 4.79 Å². The molecule has 668 valence electrons. The van der Waals surface area contributed by atoms with Gasteiger partial charge in [-0.1, -0.05) is 52.7 Å². The molecule has 1 spiro atoms. The summed E-state index contributed by atoms with van der Waals surface area (Å²) in [6, 6.07) is 0. The number of aliphatic hydroxyl groups is 23. The van der Waals surface area contributed by atoms with Gasteiger partial charge >= 0.3 is 0 Å². The first-order valence-electron chi connectivity index (χ1n) is 40.4. The topological polar surface area (TPSA) is 639 Å². The number of carbonyl (C=O) groups excluding carboxylic acids is 1. The van der Waals surface area contributed by atoms with Gasteiger partial charge in [0, 0.05) is 17.3 Å². The van der Waals surface area contributed by atoms with Crippen LogP contribution in [0.3, 0.4) is 0 Å². The van der Waals surface area contributed by atoms with Gasteiger partial charge in [0.1, 0.15) is 183 Å². The van der Waals surface area contributed by atoms with Crippen LogP contribution in [-0.4, -0.2) is 427 Å². The summed E-state index contributed by atoms with van der Waals surface area (Å²) in [5.41, 5.74) is 0.499. The van der Waals surface area contributed by atoms with Crippen LogP contribution < -0.4 is 0 Å². The molecule has 0 aromatic carbocycles. The Kier molecular flexibility index (Phi) is 28.4. The van der Waals surface area contributed by atoms with Crippen LogP contribution in [0.1, 0.15) is 113 Å². The van der Waals surface area contributed by atoms with Gasteiger partial charge in [0.15, 0.2) is 56.1 Å². The molecule has 41 nitrogen and oxygen atoms in total. The molecule has 13 aliphatic rings. The molecule has 116 heavy (non-hydrogen) atoms. The molecule has 0 amide bonds. The molecule has 47 atom stereocenters. The Morgan fingerprint density at radius 3 is 1.42 bits per heavy atom. The molecule has 0 radical (unpaired) electrons. The molecule has 13 rings (SSSR count). The zero-order chi connectivity index (χ0) is 84.2. The second-order valence-corrected chi connectivity index (χ2v) is 34.9. The standard InChI is InChI=1S/C75H122O41/c1-8-30(80)33-17-26(2)75(116-33)16-15-73(6)29-9-10-39-71(4,28(29)11-14-74(73,75)7)13-12-40(72(39,5)25-79)110-65-54(96)50(92)45(87)38(108-65)24-103-69-61(43(85)32(82)22-101-69)114-70-62(115-64-53(95)49(91)41(83)27(3)104-64)60(48(90)36(20-78)107-70)113-68-57(99)59(47(89)35(19-77)106-68)112-67-56(98)58(46(88)34(18-76)105-67)111-66-55(97)51(93)44(86)37(109-66)23-102-63-52(94)42(84)31(81)21-100-63/h26-27,31-70,76-79,81-99H,8-25H2,1-7H3/t26-,27+,31-,32+,33+,34-,35-,36-,37-,38-,39-,40+,41+,42+,43+,44-,45-,46+,47-,48-,49-,50+,51+,52-,53-,54-,55-,56-,57-,58+,59+,60+,61-,62-,63+,64+,65+,66+,67+,68+,69+,70+,71-,72-,73+,74+,75+/m1/s1. The van der Waals surface area contributed by atoms with E-state index >= 15 is 0 Å². The van der Waals surface area contributed by atoms with E-state index in [2.05, 4.69) is 27.7 Å². The molecule has 2 saturated carbocycles. The molecule has 0 unspecified atom stereocenters. The first kappa shape index (κ1) is 91.5. The van der Waals surface area contributed by atoms with Gasteiger partial charge in [0.25, 0.3) is 0 Å². The lowest BCUT2D eigenvalue weighted by Crippen LogP contribution is -2.69. The van der Waals surface area contributed by atoms with Gasteiger partial charge in [-0.2, -0.15) is 0 Å². The number of Topliss-reactive ketones (excluding diaryl/α,β-unsaturated/α-hetero) is 1.